The third kappa shape index (κ3) is 4.43. The predicted octanol–water partition coefficient (Wildman–Crippen LogP) is 4.38. The molecule has 2 aliphatic rings. The standard InChI is InChI=1S/C24H27F2NO4/c1-16-12-17(4-9-20(16)29-14-23(2,3)26)22(28)27-11-10-24(21(13-27)30-15-31-24)18-5-7-19(25)8-6-18/h4-9,12,21H,10-11,13-15H2,1-3H3/t21?,24-/m1/s1. The van der Waals surface area contributed by atoms with Crippen LogP contribution >= 0.6 is 0 Å². The number of hydrogen-bond donors (Lipinski definition) is 0. The van der Waals surface area contributed by atoms with E-state index < -0.39 is 11.3 Å². The van der Waals surface area contributed by atoms with Crippen LogP contribution in [0.1, 0.15) is 41.8 Å². The minimum absolute atomic E-state index is 0.0578. The number of amides is 1. The van der Waals surface area contributed by atoms with Gasteiger partial charge in [0.25, 0.3) is 5.91 Å². The zero-order chi connectivity index (χ0) is 22.2. The van der Waals surface area contributed by atoms with Gasteiger partial charge in [-0.15, -0.1) is 0 Å². The molecule has 0 aromatic heterocycles. The molecule has 4 rings (SSSR count). The predicted molar refractivity (Wildman–Crippen MR) is 111 cm³/mol. The summed E-state index contributed by atoms with van der Waals surface area (Å²) in [5, 5.41) is 0. The molecule has 2 atom stereocenters. The molecule has 0 bridgehead atoms. The number of fused-ring (bicyclic) bond motifs is 1. The first kappa shape index (κ1) is 21.7. The number of ether oxygens (including phenoxy) is 3. The third-order valence-electron chi connectivity index (χ3n) is 5.86. The normalized spacial score (nSPS) is 23.5. The van der Waals surface area contributed by atoms with Crippen molar-refractivity contribution in [2.75, 3.05) is 26.5 Å². The van der Waals surface area contributed by atoms with E-state index in [1.807, 2.05) is 6.92 Å². The summed E-state index contributed by atoms with van der Waals surface area (Å²) in [4.78, 5) is 14.9. The molecule has 2 heterocycles. The molecule has 2 aromatic rings. The molecule has 5 nitrogen and oxygen atoms in total. The maximum atomic E-state index is 13.7. The van der Waals surface area contributed by atoms with Gasteiger partial charge in [-0.05, 0) is 62.2 Å². The smallest absolute Gasteiger partial charge is 0.253 e. The summed E-state index contributed by atoms with van der Waals surface area (Å²) in [6.07, 6.45) is 0.229. The van der Waals surface area contributed by atoms with Crippen molar-refractivity contribution in [1.82, 2.24) is 4.90 Å². The van der Waals surface area contributed by atoms with Gasteiger partial charge in [-0.25, -0.2) is 8.78 Å². The van der Waals surface area contributed by atoms with Crippen LogP contribution in [0.25, 0.3) is 0 Å². The van der Waals surface area contributed by atoms with E-state index in [1.165, 1.54) is 26.0 Å². The fourth-order valence-corrected chi connectivity index (χ4v) is 4.18. The number of piperidine rings is 1. The Bertz CT molecular complexity index is 957. The van der Waals surface area contributed by atoms with Gasteiger partial charge in [0.15, 0.2) is 0 Å². The summed E-state index contributed by atoms with van der Waals surface area (Å²) in [6.45, 7) is 5.70. The lowest BCUT2D eigenvalue weighted by Gasteiger charge is -2.42. The maximum absolute atomic E-state index is 13.7. The molecule has 0 N–H and O–H groups in total. The molecule has 166 valence electrons. The summed E-state index contributed by atoms with van der Waals surface area (Å²) in [5.74, 6) is 0.147. The first-order chi connectivity index (χ1) is 14.7. The largest absolute Gasteiger partial charge is 0.490 e. The number of aryl methyl sites for hydroxylation is 1. The Kier molecular flexibility index (Phi) is 5.75. The molecule has 1 amide bonds. The molecule has 1 unspecified atom stereocenters. The van der Waals surface area contributed by atoms with Gasteiger partial charge in [0.05, 0.1) is 6.54 Å². The van der Waals surface area contributed by atoms with Crippen LogP contribution in [-0.4, -0.2) is 49.1 Å². The van der Waals surface area contributed by atoms with Gasteiger partial charge in [-0.1, -0.05) is 12.1 Å². The zero-order valence-electron chi connectivity index (χ0n) is 18.0. The van der Waals surface area contributed by atoms with E-state index in [-0.39, 0.29) is 31.2 Å². The first-order valence-electron chi connectivity index (χ1n) is 10.4. The van der Waals surface area contributed by atoms with Crippen molar-refractivity contribution in [2.24, 2.45) is 0 Å². The van der Waals surface area contributed by atoms with Gasteiger partial charge in [0.2, 0.25) is 0 Å². The van der Waals surface area contributed by atoms with E-state index >= 15 is 0 Å². The Labute approximate surface area is 180 Å². The second-order valence-corrected chi connectivity index (χ2v) is 8.80. The molecule has 2 fully saturated rings. The van der Waals surface area contributed by atoms with Crippen LogP contribution in [0, 0.1) is 12.7 Å². The van der Waals surface area contributed by atoms with E-state index in [0.29, 0.717) is 30.8 Å². The average molecular weight is 431 g/mol. The van der Waals surface area contributed by atoms with Crippen molar-refractivity contribution in [3.8, 4) is 5.75 Å². The lowest BCUT2D eigenvalue weighted by atomic mass is 9.82. The molecular weight excluding hydrogens is 404 g/mol. The molecule has 7 heteroatoms. The quantitative estimate of drug-likeness (QED) is 0.705. The number of rotatable bonds is 5. The summed E-state index contributed by atoms with van der Waals surface area (Å²) in [7, 11) is 0. The molecule has 31 heavy (non-hydrogen) atoms. The molecule has 2 aromatic carbocycles. The summed E-state index contributed by atoms with van der Waals surface area (Å²) in [6, 6.07) is 11.4. The summed E-state index contributed by atoms with van der Waals surface area (Å²) in [5.41, 5.74) is 0.0641. The molecule has 0 aliphatic carbocycles. The number of nitrogens with zero attached hydrogens (tertiary/aromatic N) is 1. The van der Waals surface area contributed by atoms with Gasteiger partial charge in [-0.3, -0.25) is 4.79 Å². The van der Waals surface area contributed by atoms with E-state index in [4.69, 9.17) is 14.2 Å². The lowest BCUT2D eigenvalue weighted by molar-refractivity contribution is -0.0439. The van der Waals surface area contributed by atoms with E-state index in [1.54, 1.807) is 35.2 Å². The van der Waals surface area contributed by atoms with Crippen molar-refractivity contribution in [3.05, 3.63) is 65.0 Å². The Hall–Kier alpha value is -2.51. The highest BCUT2D eigenvalue weighted by atomic mass is 19.1. The van der Waals surface area contributed by atoms with Gasteiger partial charge in [-0.2, -0.15) is 0 Å². The van der Waals surface area contributed by atoms with Crippen molar-refractivity contribution >= 4 is 5.91 Å². The fraction of sp³-hybridized carbons (Fsp3) is 0.458. The summed E-state index contributed by atoms with van der Waals surface area (Å²) >= 11 is 0. The number of carbonyl (C=O) groups is 1. The fourth-order valence-electron chi connectivity index (χ4n) is 4.18. The third-order valence-corrected chi connectivity index (χ3v) is 5.86. The van der Waals surface area contributed by atoms with Gasteiger partial charge in [0, 0.05) is 18.5 Å². The lowest BCUT2D eigenvalue weighted by Crippen LogP contribution is -2.53. The second kappa shape index (κ2) is 8.20. The highest BCUT2D eigenvalue weighted by Gasteiger charge is 2.51. The molecular formula is C24H27F2NO4. The first-order valence-corrected chi connectivity index (χ1v) is 10.4. The van der Waals surface area contributed by atoms with E-state index in [0.717, 1.165) is 11.1 Å². The molecule has 0 spiro atoms. The van der Waals surface area contributed by atoms with Crippen molar-refractivity contribution < 1.29 is 27.8 Å². The minimum Gasteiger partial charge on any atom is -0.490 e. The van der Waals surface area contributed by atoms with Crippen LogP contribution in [0.2, 0.25) is 0 Å². The van der Waals surface area contributed by atoms with Crippen LogP contribution < -0.4 is 4.74 Å². The van der Waals surface area contributed by atoms with Crippen LogP contribution in [0.5, 0.6) is 5.75 Å². The van der Waals surface area contributed by atoms with E-state index in [9.17, 15) is 13.6 Å². The summed E-state index contributed by atoms with van der Waals surface area (Å²) < 4.78 is 44.4. The number of halogens is 2. The zero-order valence-corrected chi connectivity index (χ0v) is 18.0. The highest BCUT2D eigenvalue weighted by molar-refractivity contribution is 5.94. The van der Waals surface area contributed by atoms with Crippen LogP contribution in [0.4, 0.5) is 8.78 Å². The second-order valence-electron chi connectivity index (χ2n) is 8.80. The molecule has 0 saturated carbocycles. The van der Waals surface area contributed by atoms with E-state index in [2.05, 4.69) is 0 Å². The Morgan fingerprint density at radius 1 is 1.26 bits per heavy atom. The highest BCUT2D eigenvalue weighted by Crippen LogP contribution is 2.42. The number of hydrogen-bond acceptors (Lipinski definition) is 4. The average Bonchev–Trinajstić information content (AvgIpc) is 3.16. The van der Waals surface area contributed by atoms with Crippen LogP contribution in [0.15, 0.2) is 42.5 Å². The molecule has 2 saturated heterocycles. The Balaban J connectivity index is 1.47. The van der Waals surface area contributed by atoms with Gasteiger partial charge in [0.1, 0.15) is 42.3 Å². The van der Waals surface area contributed by atoms with Gasteiger partial charge < -0.3 is 19.1 Å². The SMILES string of the molecule is Cc1cc(C(=O)N2CC[C@]3(c4ccc(F)cc4)OCOC3C2)ccc1OCC(C)(C)F. The van der Waals surface area contributed by atoms with Gasteiger partial charge >= 0.3 is 0 Å². The van der Waals surface area contributed by atoms with Crippen molar-refractivity contribution in [3.63, 3.8) is 0 Å². The minimum atomic E-state index is -1.44. The van der Waals surface area contributed by atoms with Crippen LogP contribution in [-0.2, 0) is 15.1 Å². The Morgan fingerprint density at radius 2 is 2.00 bits per heavy atom. The topological polar surface area (TPSA) is 48.0 Å². The molecule has 0 radical (unpaired) electrons. The monoisotopic (exact) mass is 431 g/mol. The number of likely N-dealkylation sites (tertiary alicyclic amines) is 1. The number of carbonyl (C=O) groups excluding carboxylic acids is 1. The number of benzene rings is 2. The molecule has 2 aliphatic heterocycles. The number of alkyl halides is 1. The van der Waals surface area contributed by atoms with Crippen LogP contribution in [0.3, 0.4) is 0 Å². The van der Waals surface area contributed by atoms with Crippen molar-refractivity contribution in [2.45, 2.75) is 44.6 Å². The van der Waals surface area contributed by atoms with Crippen molar-refractivity contribution in [1.29, 1.82) is 0 Å². The Morgan fingerprint density at radius 3 is 2.68 bits per heavy atom. The maximum Gasteiger partial charge on any atom is 0.253 e.